The van der Waals surface area contributed by atoms with Crippen LogP contribution in [0.1, 0.15) is 32.2 Å². The minimum atomic E-state index is -0.0194. The summed E-state index contributed by atoms with van der Waals surface area (Å²) in [6, 6.07) is 15.6. The zero-order valence-electron chi connectivity index (χ0n) is 16.2. The fourth-order valence-electron chi connectivity index (χ4n) is 2.80. The highest BCUT2D eigenvalue weighted by molar-refractivity contribution is 7.09. The Morgan fingerprint density at radius 2 is 1.96 bits per heavy atom. The SMILES string of the molecule is C=CCN(Cc1csc(COc2ccc(C)cc2)n1)C(=O)c1cccc(C)c1. The van der Waals surface area contributed by atoms with E-state index < -0.39 is 0 Å². The first-order valence-corrected chi connectivity index (χ1v) is 10.0. The van der Waals surface area contributed by atoms with Gasteiger partial charge in [-0.15, -0.1) is 17.9 Å². The minimum Gasteiger partial charge on any atom is -0.486 e. The number of benzene rings is 2. The maximum atomic E-state index is 12.9. The number of carbonyl (C=O) groups is 1. The van der Waals surface area contributed by atoms with Crippen LogP contribution in [0.2, 0.25) is 0 Å². The van der Waals surface area contributed by atoms with Gasteiger partial charge < -0.3 is 9.64 Å². The van der Waals surface area contributed by atoms with Crippen molar-refractivity contribution in [3.8, 4) is 5.75 Å². The highest BCUT2D eigenvalue weighted by Gasteiger charge is 2.16. The van der Waals surface area contributed by atoms with Crippen LogP contribution in [0.3, 0.4) is 0 Å². The van der Waals surface area contributed by atoms with Gasteiger partial charge in [0.25, 0.3) is 5.91 Å². The fourth-order valence-corrected chi connectivity index (χ4v) is 3.49. The van der Waals surface area contributed by atoms with Crippen LogP contribution in [-0.2, 0) is 13.2 Å². The molecule has 3 rings (SSSR count). The largest absolute Gasteiger partial charge is 0.486 e. The number of amides is 1. The molecule has 0 aliphatic heterocycles. The summed E-state index contributed by atoms with van der Waals surface area (Å²) in [7, 11) is 0. The van der Waals surface area contributed by atoms with E-state index in [4.69, 9.17) is 4.74 Å². The molecule has 0 spiro atoms. The highest BCUT2D eigenvalue weighted by atomic mass is 32.1. The van der Waals surface area contributed by atoms with E-state index in [1.807, 2.05) is 67.8 Å². The summed E-state index contributed by atoms with van der Waals surface area (Å²) in [5, 5.41) is 2.87. The normalized spacial score (nSPS) is 10.5. The van der Waals surface area contributed by atoms with Crippen molar-refractivity contribution < 1.29 is 9.53 Å². The van der Waals surface area contributed by atoms with Crippen molar-refractivity contribution in [1.82, 2.24) is 9.88 Å². The maximum absolute atomic E-state index is 12.9. The third-order valence-corrected chi connectivity index (χ3v) is 5.11. The number of carbonyl (C=O) groups excluding carboxylic acids is 1. The lowest BCUT2D eigenvalue weighted by Gasteiger charge is -2.20. The Kier molecular flexibility index (Phi) is 6.61. The summed E-state index contributed by atoms with van der Waals surface area (Å²) in [6.07, 6.45) is 1.74. The summed E-state index contributed by atoms with van der Waals surface area (Å²) < 4.78 is 5.79. The van der Waals surface area contributed by atoms with Gasteiger partial charge in [-0.1, -0.05) is 41.5 Å². The molecule has 5 heteroatoms. The van der Waals surface area contributed by atoms with Gasteiger partial charge in [-0.25, -0.2) is 4.98 Å². The molecule has 0 bridgehead atoms. The van der Waals surface area contributed by atoms with Gasteiger partial charge in [0, 0.05) is 17.5 Å². The topological polar surface area (TPSA) is 42.4 Å². The summed E-state index contributed by atoms with van der Waals surface area (Å²) in [6.45, 7) is 9.14. The Morgan fingerprint density at radius 1 is 1.18 bits per heavy atom. The van der Waals surface area contributed by atoms with Crippen LogP contribution in [0.5, 0.6) is 5.75 Å². The predicted octanol–water partition coefficient (Wildman–Crippen LogP) is 5.17. The molecule has 1 aromatic heterocycles. The van der Waals surface area contributed by atoms with Crippen LogP contribution in [0, 0.1) is 13.8 Å². The molecule has 0 saturated heterocycles. The summed E-state index contributed by atoms with van der Waals surface area (Å²) in [5.41, 5.74) is 3.80. The number of hydrogen-bond acceptors (Lipinski definition) is 4. The van der Waals surface area contributed by atoms with Crippen molar-refractivity contribution in [2.24, 2.45) is 0 Å². The number of thiazole rings is 1. The van der Waals surface area contributed by atoms with Gasteiger partial charge in [-0.05, 0) is 38.1 Å². The second-order valence-corrected chi connectivity index (χ2v) is 7.62. The van der Waals surface area contributed by atoms with E-state index in [9.17, 15) is 4.79 Å². The van der Waals surface area contributed by atoms with E-state index in [2.05, 4.69) is 11.6 Å². The molecule has 1 amide bonds. The quantitative estimate of drug-likeness (QED) is 0.497. The first kappa shape index (κ1) is 19.8. The van der Waals surface area contributed by atoms with Crippen LogP contribution < -0.4 is 4.74 Å². The molecule has 0 aliphatic carbocycles. The lowest BCUT2D eigenvalue weighted by molar-refractivity contribution is 0.0761. The molecule has 0 N–H and O–H groups in total. The third kappa shape index (κ3) is 5.30. The molecule has 0 radical (unpaired) electrons. The molecule has 1 heterocycles. The third-order valence-electron chi connectivity index (χ3n) is 4.24. The van der Waals surface area contributed by atoms with E-state index in [0.717, 1.165) is 22.0 Å². The summed E-state index contributed by atoms with van der Waals surface area (Å²) >= 11 is 1.54. The second-order valence-electron chi connectivity index (χ2n) is 6.68. The molecule has 3 aromatic rings. The minimum absolute atomic E-state index is 0.0194. The first-order valence-electron chi connectivity index (χ1n) is 9.15. The fraction of sp³-hybridized carbons (Fsp3) is 0.217. The van der Waals surface area contributed by atoms with Gasteiger partial charge in [-0.3, -0.25) is 4.79 Å². The molecule has 0 fully saturated rings. The zero-order valence-corrected chi connectivity index (χ0v) is 17.0. The monoisotopic (exact) mass is 392 g/mol. The Labute approximate surface area is 170 Å². The zero-order chi connectivity index (χ0) is 19.9. The standard InChI is InChI=1S/C23H24N2O2S/c1-4-12-25(23(26)19-7-5-6-18(3)13-19)14-20-16-28-22(24-20)15-27-21-10-8-17(2)9-11-21/h4-11,13,16H,1,12,14-15H2,2-3H3. The Morgan fingerprint density at radius 3 is 2.68 bits per heavy atom. The number of ether oxygens (including phenoxy) is 1. The van der Waals surface area contributed by atoms with Crippen molar-refractivity contribution >= 4 is 17.2 Å². The lowest BCUT2D eigenvalue weighted by atomic mass is 10.1. The van der Waals surface area contributed by atoms with Crippen LogP contribution in [0.15, 0.2) is 66.6 Å². The van der Waals surface area contributed by atoms with Gasteiger partial charge >= 0.3 is 0 Å². The Balaban J connectivity index is 1.64. The molecule has 0 atom stereocenters. The molecule has 0 saturated carbocycles. The van der Waals surface area contributed by atoms with Crippen LogP contribution in [0.4, 0.5) is 0 Å². The van der Waals surface area contributed by atoms with E-state index in [1.54, 1.807) is 22.3 Å². The molecule has 4 nitrogen and oxygen atoms in total. The number of hydrogen-bond donors (Lipinski definition) is 0. The summed E-state index contributed by atoms with van der Waals surface area (Å²) in [5.74, 6) is 0.805. The van der Waals surface area contributed by atoms with E-state index in [-0.39, 0.29) is 5.91 Å². The van der Waals surface area contributed by atoms with Gasteiger partial charge in [0.1, 0.15) is 17.4 Å². The average molecular weight is 393 g/mol. The lowest BCUT2D eigenvalue weighted by Crippen LogP contribution is -2.30. The second kappa shape index (κ2) is 9.33. The van der Waals surface area contributed by atoms with Crippen molar-refractivity contribution in [2.45, 2.75) is 27.0 Å². The van der Waals surface area contributed by atoms with E-state index in [0.29, 0.717) is 25.3 Å². The van der Waals surface area contributed by atoms with Crippen molar-refractivity contribution in [3.05, 3.63) is 94.0 Å². The van der Waals surface area contributed by atoms with Gasteiger partial charge in [0.05, 0.1) is 12.2 Å². The average Bonchev–Trinajstić information content (AvgIpc) is 3.14. The first-order chi connectivity index (χ1) is 13.5. The van der Waals surface area contributed by atoms with E-state index in [1.165, 1.54) is 5.56 Å². The van der Waals surface area contributed by atoms with Crippen LogP contribution in [0.25, 0.3) is 0 Å². The highest BCUT2D eigenvalue weighted by Crippen LogP contribution is 2.18. The molecule has 28 heavy (non-hydrogen) atoms. The number of nitrogens with zero attached hydrogens (tertiary/aromatic N) is 2. The Hall–Kier alpha value is -2.92. The maximum Gasteiger partial charge on any atom is 0.254 e. The van der Waals surface area contributed by atoms with Gasteiger partial charge in [0.15, 0.2) is 0 Å². The van der Waals surface area contributed by atoms with Gasteiger partial charge in [0.2, 0.25) is 0 Å². The molecule has 2 aromatic carbocycles. The number of aromatic nitrogens is 1. The van der Waals surface area contributed by atoms with Crippen molar-refractivity contribution in [2.75, 3.05) is 6.54 Å². The molecular formula is C23H24N2O2S. The molecular weight excluding hydrogens is 368 g/mol. The van der Waals surface area contributed by atoms with Crippen molar-refractivity contribution in [1.29, 1.82) is 0 Å². The molecule has 0 aliphatic rings. The number of aryl methyl sites for hydroxylation is 2. The van der Waals surface area contributed by atoms with Crippen molar-refractivity contribution in [3.63, 3.8) is 0 Å². The smallest absolute Gasteiger partial charge is 0.254 e. The van der Waals surface area contributed by atoms with Crippen LogP contribution in [-0.4, -0.2) is 22.3 Å². The summed E-state index contributed by atoms with van der Waals surface area (Å²) in [4.78, 5) is 19.2. The predicted molar refractivity (Wildman–Crippen MR) is 114 cm³/mol. The van der Waals surface area contributed by atoms with Crippen LogP contribution >= 0.6 is 11.3 Å². The van der Waals surface area contributed by atoms with E-state index >= 15 is 0 Å². The van der Waals surface area contributed by atoms with Gasteiger partial charge in [-0.2, -0.15) is 0 Å². The number of rotatable bonds is 8. The molecule has 144 valence electrons. The Bertz CT molecular complexity index is 947. The molecule has 0 unspecified atom stereocenters.